The number of aliphatic hydroxyl groups is 1. The van der Waals surface area contributed by atoms with Gasteiger partial charge in [0, 0.05) is 39.9 Å². The SMILES string of the molecule is CS(=O)(=O)Nc1cc(C(O)CNCCOc2ccc3c(c2)[nH]c2cc(Br)ccc23)ccc1O. The van der Waals surface area contributed by atoms with E-state index < -0.39 is 16.1 Å². The molecule has 1 heterocycles. The summed E-state index contributed by atoms with van der Waals surface area (Å²) in [5.41, 5.74) is 2.55. The molecule has 0 amide bonds. The summed E-state index contributed by atoms with van der Waals surface area (Å²) >= 11 is 3.49. The number of aromatic nitrogens is 1. The summed E-state index contributed by atoms with van der Waals surface area (Å²) in [4.78, 5) is 3.40. The molecule has 8 nitrogen and oxygen atoms in total. The van der Waals surface area contributed by atoms with Crippen LogP contribution in [0.1, 0.15) is 11.7 Å². The van der Waals surface area contributed by atoms with Crippen LogP contribution in [0.25, 0.3) is 21.8 Å². The van der Waals surface area contributed by atoms with E-state index in [0.29, 0.717) is 18.7 Å². The van der Waals surface area contributed by atoms with Gasteiger partial charge in [-0.2, -0.15) is 0 Å². The van der Waals surface area contributed by atoms with Crippen molar-refractivity contribution in [2.75, 3.05) is 30.7 Å². The Kier molecular flexibility index (Phi) is 6.80. The maximum absolute atomic E-state index is 11.4. The van der Waals surface area contributed by atoms with E-state index in [-0.39, 0.29) is 18.0 Å². The van der Waals surface area contributed by atoms with Gasteiger partial charge in [0.25, 0.3) is 0 Å². The normalized spacial score (nSPS) is 12.8. The Morgan fingerprint density at radius 3 is 2.55 bits per heavy atom. The quantitative estimate of drug-likeness (QED) is 0.164. The highest BCUT2D eigenvalue weighted by Crippen LogP contribution is 2.30. The molecule has 33 heavy (non-hydrogen) atoms. The van der Waals surface area contributed by atoms with Gasteiger partial charge in [-0.3, -0.25) is 4.72 Å². The number of H-pyrrole nitrogens is 1. The van der Waals surface area contributed by atoms with Gasteiger partial charge in [0.05, 0.1) is 23.6 Å². The molecule has 0 bridgehead atoms. The number of aromatic hydroxyl groups is 1. The number of rotatable bonds is 9. The highest BCUT2D eigenvalue weighted by atomic mass is 79.9. The molecule has 5 N–H and O–H groups in total. The predicted octanol–water partition coefficient (Wildman–Crippen LogP) is 3.86. The highest BCUT2D eigenvalue weighted by molar-refractivity contribution is 9.10. The molecule has 0 fully saturated rings. The Hall–Kier alpha value is -2.79. The standard InChI is InChI=1S/C23H24BrN3O5S/c1-33(30,31)27-21-10-14(2-7-22(21)28)23(29)13-25-8-9-32-16-4-6-18-17-5-3-15(24)11-19(17)26-20(18)12-16/h2-7,10-12,23,25-29H,8-9,13H2,1H3. The first-order valence-electron chi connectivity index (χ1n) is 10.2. The van der Waals surface area contributed by atoms with Crippen LogP contribution in [0.3, 0.4) is 0 Å². The van der Waals surface area contributed by atoms with E-state index in [1.807, 2.05) is 30.3 Å². The molecule has 0 aliphatic rings. The van der Waals surface area contributed by atoms with Crippen molar-refractivity contribution in [2.24, 2.45) is 0 Å². The number of anilines is 1. The maximum Gasteiger partial charge on any atom is 0.229 e. The zero-order valence-electron chi connectivity index (χ0n) is 17.8. The smallest absolute Gasteiger partial charge is 0.229 e. The van der Waals surface area contributed by atoms with Crippen LogP contribution in [0.5, 0.6) is 11.5 Å². The molecule has 4 rings (SSSR count). The topological polar surface area (TPSA) is 124 Å². The first-order chi connectivity index (χ1) is 15.7. The number of sulfonamides is 1. The Balaban J connectivity index is 1.30. The number of fused-ring (bicyclic) bond motifs is 3. The van der Waals surface area contributed by atoms with E-state index in [9.17, 15) is 18.6 Å². The van der Waals surface area contributed by atoms with Gasteiger partial charge in [0.2, 0.25) is 10.0 Å². The van der Waals surface area contributed by atoms with E-state index in [1.165, 1.54) is 12.1 Å². The lowest BCUT2D eigenvalue weighted by molar-refractivity contribution is 0.172. The Labute approximate surface area is 199 Å². The average Bonchev–Trinajstić information content (AvgIpc) is 3.10. The molecule has 1 unspecified atom stereocenters. The minimum absolute atomic E-state index is 0.0251. The molecule has 1 aromatic heterocycles. The second kappa shape index (κ2) is 9.60. The lowest BCUT2D eigenvalue weighted by Crippen LogP contribution is -2.26. The summed E-state index contributed by atoms with van der Waals surface area (Å²) in [7, 11) is -3.54. The molecular weight excluding hydrogens is 510 g/mol. The predicted molar refractivity (Wildman–Crippen MR) is 133 cm³/mol. The first-order valence-corrected chi connectivity index (χ1v) is 12.9. The van der Waals surface area contributed by atoms with Gasteiger partial charge < -0.3 is 25.3 Å². The van der Waals surface area contributed by atoms with Crippen LogP contribution in [0.4, 0.5) is 5.69 Å². The van der Waals surface area contributed by atoms with Crippen LogP contribution in [0.15, 0.2) is 59.1 Å². The molecular formula is C23H24BrN3O5S. The van der Waals surface area contributed by atoms with Crippen molar-refractivity contribution < 1.29 is 23.4 Å². The lowest BCUT2D eigenvalue weighted by Gasteiger charge is -2.15. The van der Waals surface area contributed by atoms with E-state index in [2.05, 4.69) is 37.0 Å². The van der Waals surface area contributed by atoms with Gasteiger partial charge in [-0.25, -0.2) is 8.42 Å². The molecule has 0 spiro atoms. The number of nitrogens with one attached hydrogen (secondary N) is 3. The Bertz CT molecular complexity index is 1400. The number of benzene rings is 3. The number of phenolic OH excluding ortho intramolecular Hbond substituents is 1. The highest BCUT2D eigenvalue weighted by Gasteiger charge is 2.13. The number of hydrogen-bond acceptors (Lipinski definition) is 6. The van der Waals surface area contributed by atoms with Crippen LogP contribution in [-0.4, -0.2) is 49.6 Å². The zero-order chi connectivity index (χ0) is 23.6. The summed E-state index contributed by atoms with van der Waals surface area (Å²) in [6, 6.07) is 16.3. The third-order valence-corrected chi connectivity index (χ3v) is 6.20. The molecule has 174 valence electrons. The summed E-state index contributed by atoms with van der Waals surface area (Å²) < 4.78 is 31.9. The van der Waals surface area contributed by atoms with Gasteiger partial charge in [0.15, 0.2) is 0 Å². The Morgan fingerprint density at radius 1 is 1.06 bits per heavy atom. The number of ether oxygens (including phenoxy) is 1. The number of phenols is 1. The molecule has 4 aromatic rings. The van der Waals surface area contributed by atoms with Crippen molar-refractivity contribution in [3.8, 4) is 11.5 Å². The fourth-order valence-corrected chi connectivity index (χ4v) is 4.52. The monoisotopic (exact) mass is 533 g/mol. The van der Waals surface area contributed by atoms with E-state index in [4.69, 9.17) is 4.74 Å². The molecule has 0 saturated carbocycles. The third kappa shape index (κ3) is 5.77. The summed E-state index contributed by atoms with van der Waals surface area (Å²) in [5, 5.41) is 25.6. The van der Waals surface area contributed by atoms with Gasteiger partial charge in [-0.15, -0.1) is 0 Å². The second-order valence-corrected chi connectivity index (χ2v) is 10.4. The summed E-state index contributed by atoms with van der Waals surface area (Å²) in [6.45, 7) is 1.14. The fraction of sp³-hybridized carbons (Fsp3) is 0.217. The van der Waals surface area contributed by atoms with Crippen LogP contribution >= 0.6 is 15.9 Å². The van der Waals surface area contributed by atoms with Crippen molar-refractivity contribution in [1.82, 2.24) is 10.3 Å². The summed E-state index contributed by atoms with van der Waals surface area (Å²) in [6.07, 6.45) is 0.110. The van der Waals surface area contributed by atoms with E-state index in [0.717, 1.165) is 38.3 Å². The molecule has 0 aliphatic heterocycles. The fourth-order valence-electron chi connectivity index (χ4n) is 3.59. The lowest BCUT2D eigenvalue weighted by atomic mass is 10.1. The van der Waals surface area contributed by atoms with E-state index >= 15 is 0 Å². The number of hydrogen-bond donors (Lipinski definition) is 5. The summed E-state index contributed by atoms with van der Waals surface area (Å²) in [5.74, 6) is 0.530. The van der Waals surface area contributed by atoms with Crippen LogP contribution in [-0.2, 0) is 10.0 Å². The average molecular weight is 534 g/mol. The van der Waals surface area contributed by atoms with Crippen molar-refractivity contribution >= 4 is 53.4 Å². The Morgan fingerprint density at radius 2 is 1.79 bits per heavy atom. The van der Waals surface area contributed by atoms with Crippen molar-refractivity contribution in [1.29, 1.82) is 0 Å². The molecule has 0 radical (unpaired) electrons. The first kappa shape index (κ1) is 23.4. The zero-order valence-corrected chi connectivity index (χ0v) is 20.2. The van der Waals surface area contributed by atoms with Crippen molar-refractivity contribution in [3.05, 3.63) is 64.6 Å². The minimum Gasteiger partial charge on any atom is -0.506 e. The van der Waals surface area contributed by atoms with Crippen molar-refractivity contribution in [3.63, 3.8) is 0 Å². The van der Waals surface area contributed by atoms with E-state index in [1.54, 1.807) is 6.07 Å². The van der Waals surface area contributed by atoms with Gasteiger partial charge >= 0.3 is 0 Å². The molecule has 1 atom stereocenters. The molecule has 10 heteroatoms. The second-order valence-electron chi connectivity index (χ2n) is 7.74. The van der Waals surface area contributed by atoms with Crippen LogP contribution in [0, 0.1) is 0 Å². The van der Waals surface area contributed by atoms with Crippen molar-refractivity contribution in [2.45, 2.75) is 6.10 Å². The minimum atomic E-state index is -3.54. The molecule has 3 aromatic carbocycles. The van der Waals surface area contributed by atoms with Gasteiger partial charge in [-0.1, -0.05) is 28.1 Å². The molecule has 0 saturated heterocycles. The maximum atomic E-state index is 11.4. The van der Waals surface area contributed by atoms with Crippen LogP contribution < -0.4 is 14.8 Å². The van der Waals surface area contributed by atoms with Gasteiger partial charge in [-0.05, 0) is 42.0 Å². The molecule has 0 aliphatic carbocycles. The number of aliphatic hydroxyl groups excluding tert-OH is 1. The van der Waals surface area contributed by atoms with Crippen LogP contribution in [0.2, 0.25) is 0 Å². The third-order valence-electron chi connectivity index (χ3n) is 5.12. The number of halogens is 1. The number of aromatic amines is 1. The largest absolute Gasteiger partial charge is 0.506 e. The van der Waals surface area contributed by atoms with Gasteiger partial charge in [0.1, 0.15) is 18.1 Å².